The number of nitrogens with zero attached hydrogens (tertiary/aromatic N) is 2. The summed E-state index contributed by atoms with van der Waals surface area (Å²) in [4.78, 5) is 15.3. The molecule has 0 radical (unpaired) electrons. The van der Waals surface area contributed by atoms with Crippen LogP contribution in [0, 0.1) is 5.92 Å². The molecule has 13 nitrogen and oxygen atoms in total. The maximum Gasteiger partial charge on any atom is 0.501 e. The van der Waals surface area contributed by atoms with Gasteiger partial charge in [0.2, 0.25) is 6.29 Å². The third-order valence-electron chi connectivity index (χ3n) is 7.96. The van der Waals surface area contributed by atoms with Crippen LogP contribution in [0.2, 0.25) is 0 Å². The zero-order valence-corrected chi connectivity index (χ0v) is 27.7. The van der Waals surface area contributed by atoms with Crippen molar-refractivity contribution in [3.05, 3.63) is 84.4 Å². The van der Waals surface area contributed by atoms with E-state index in [1.165, 1.54) is 36.4 Å². The van der Waals surface area contributed by atoms with Gasteiger partial charge in [0.25, 0.3) is 5.91 Å². The molecule has 1 saturated heterocycles. The van der Waals surface area contributed by atoms with Crippen LogP contribution in [0.4, 0.5) is 5.69 Å². The number of rotatable bonds is 13. The van der Waals surface area contributed by atoms with Crippen LogP contribution in [0.3, 0.4) is 0 Å². The van der Waals surface area contributed by atoms with Gasteiger partial charge in [0.15, 0.2) is 17.5 Å². The summed E-state index contributed by atoms with van der Waals surface area (Å²) in [5.74, 6) is -0.487. The van der Waals surface area contributed by atoms with E-state index in [2.05, 4.69) is 0 Å². The average Bonchev–Trinajstić information content (AvgIpc) is 3.02. The standard InChI is InChI=1S/C33H43N2O11S/c1-21(2)28(32(40)34(3)23-11-7-6-8-12-23)35(4,5)19-22-15-17-24(18-16-22)45-47(41,42)46-26-14-10-9-13-25(26)43-33-31(39)30(38)29(37)27(20-36)44-33/h6-18,21,27-31,33,36-39H,19-20H2,1-5H3/q+1/t27-,28+,29+,30+,31-,33?/m1/s1. The zero-order valence-electron chi connectivity index (χ0n) is 26.9. The molecule has 1 unspecified atom stereocenters. The molecule has 0 aromatic heterocycles. The van der Waals surface area contributed by atoms with Crippen molar-refractivity contribution in [2.75, 3.05) is 32.6 Å². The van der Waals surface area contributed by atoms with E-state index in [-0.39, 0.29) is 35.1 Å². The fourth-order valence-corrected chi connectivity index (χ4v) is 6.48. The highest BCUT2D eigenvalue weighted by molar-refractivity contribution is 7.82. The van der Waals surface area contributed by atoms with Gasteiger partial charge >= 0.3 is 10.4 Å². The Morgan fingerprint density at radius 3 is 2.06 bits per heavy atom. The largest absolute Gasteiger partial charge is 0.501 e. The first-order chi connectivity index (χ1) is 22.1. The molecule has 1 amide bonds. The lowest BCUT2D eigenvalue weighted by Gasteiger charge is -2.41. The number of amides is 1. The van der Waals surface area contributed by atoms with Gasteiger partial charge < -0.3 is 47.6 Å². The number of likely N-dealkylation sites (N-methyl/N-ethyl adjacent to an activating group) is 2. The zero-order chi connectivity index (χ0) is 34.5. The second kappa shape index (κ2) is 15.0. The van der Waals surface area contributed by atoms with E-state index >= 15 is 0 Å². The molecule has 1 heterocycles. The normalized spacial score (nSPS) is 22.4. The minimum atomic E-state index is -4.69. The van der Waals surface area contributed by atoms with Crippen molar-refractivity contribution in [2.24, 2.45) is 5.92 Å². The maximum absolute atomic E-state index is 13.6. The summed E-state index contributed by atoms with van der Waals surface area (Å²) in [6, 6.07) is 21.1. The molecule has 4 rings (SSSR count). The van der Waals surface area contributed by atoms with E-state index < -0.39 is 47.7 Å². The van der Waals surface area contributed by atoms with Gasteiger partial charge in [-0.25, -0.2) is 0 Å². The van der Waals surface area contributed by atoms with Gasteiger partial charge in [-0.15, -0.1) is 8.42 Å². The van der Waals surface area contributed by atoms with Crippen molar-refractivity contribution < 1.29 is 56.0 Å². The summed E-state index contributed by atoms with van der Waals surface area (Å²) >= 11 is 0. The van der Waals surface area contributed by atoms with E-state index in [1.54, 1.807) is 24.1 Å². The molecule has 0 aliphatic carbocycles. The molecule has 4 N–H and O–H groups in total. The van der Waals surface area contributed by atoms with E-state index in [9.17, 15) is 33.6 Å². The first kappa shape index (κ1) is 36.1. The SMILES string of the molecule is CC(C)[C@@H](C(=O)N(C)c1ccccc1)[N+](C)(C)Cc1ccc(OS(=O)(=O)Oc2ccccc2OC2O[C@H](CO)[C@H](O)[C@H](O)[C@H]2O)cc1. The molecule has 0 saturated carbocycles. The van der Waals surface area contributed by atoms with Gasteiger partial charge in [-0.05, 0) is 48.5 Å². The van der Waals surface area contributed by atoms with Gasteiger partial charge in [0, 0.05) is 24.2 Å². The fraction of sp³-hybridized carbons (Fsp3) is 0.424. The van der Waals surface area contributed by atoms with Crippen molar-refractivity contribution in [1.82, 2.24) is 0 Å². The maximum atomic E-state index is 13.6. The Hall–Kier alpha value is -3.76. The summed E-state index contributed by atoms with van der Waals surface area (Å²) in [5, 5.41) is 39.8. The highest BCUT2D eigenvalue weighted by Crippen LogP contribution is 2.33. The van der Waals surface area contributed by atoms with Crippen molar-refractivity contribution in [2.45, 2.75) is 57.1 Å². The van der Waals surface area contributed by atoms with Crippen molar-refractivity contribution in [3.8, 4) is 17.2 Å². The second-order valence-corrected chi connectivity index (χ2v) is 13.5. The lowest BCUT2D eigenvalue weighted by molar-refractivity contribution is -0.922. The number of aliphatic hydroxyl groups excluding tert-OH is 4. The minimum Gasteiger partial charge on any atom is -0.458 e. The number of quaternary nitrogens is 1. The molecule has 256 valence electrons. The van der Waals surface area contributed by atoms with Gasteiger partial charge in [0.05, 0.1) is 20.7 Å². The Labute approximate surface area is 275 Å². The lowest BCUT2D eigenvalue weighted by atomic mass is 9.98. The topological polar surface area (TPSA) is 172 Å². The number of para-hydroxylation sites is 3. The molecular formula is C33H43N2O11S+. The van der Waals surface area contributed by atoms with Crippen LogP contribution in [-0.4, -0.2) is 104 Å². The van der Waals surface area contributed by atoms with E-state index in [1.807, 2.05) is 58.3 Å². The van der Waals surface area contributed by atoms with E-state index in [0.717, 1.165) is 11.3 Å². The fourth-order valence-electron chi connectivity index (χ4n) is 5.74. The molecule has 0 bridgehead atoms. The van der Waals surface area contributed by atoms with Crippen molar-refractivity contribution >= 4 is 22.0 Å². The lowest BCUT2D eigenvalue weighted by Crippen LogP contribution is -2.60. The van der Waals surface area contributed by atoms with Gasteiger partial charge in [0.1, 0.15) is 36.7 Å². The number of ether oxygens (including phenoxy) is 2. The van der Waals surface area contributed by atoms with Crippen LogP contribution in [0.15, 0.2) is 78.9 Å². The Bertz CT molecular complexity index is 1580. The molecule has 3 aromatic rings. The predicted octanol–water partition coefficient (Wildman–Crippen LogP) is 1.83. The first-order valence-corrected chi connectivity index (χ1v) is 16.4. The molecule has 47 heavy (non-hydrogen) atoms. The molecule has 14 heteroatoms. The Morgan fingerprint density at radius 1 is 0.872 bits per heavy atom. The number of carbonyl (C=O) groups excluding carboxylic acids is 1. The van der Waals surface area contributed by atoms with Crippen LogP contribution in [0.25, 0.3) is 0 Å². The quantitative estimate of drug-likeness (QED) is 0.195. The molecule has 1 aliphatic heterocycles. The highest BCUT2D eigenvalue weighted by Gasteiger charge is 2.45. The number of carbonyl (C=O) groups is 1. The number of hydrogen-bond acceptors (Lipinski definition) is 11. The summed E-state index contributed by atoms with van der Waals surface area (Å²) in [7, 11) is 1.04. The molecule has 1 fully saturated rings. The molecular weight excluding hydrogens is 632 g/mol. The third-order valence-corrected chi connectivity index (χ3v) is 8.74. The molecule has 3 aromatic carbocycles. The van der Waals surface area contributed by atoms with Crippen LogP contribution in [-0.2, 0) is 26.5 Å². The summed E-state index contributed by atoms with van der Waals surface area (Å²) in [6.45, 7) is 3.83. The summed E-state index contributed by atoms with van der Waals surface area (Å²) in [5.41, 5.74) is 1.65. The van der Waals surface area contributed by atoms with Crippen LogP contribution in [0.5, 0.6) is 17.2 Å². The minimum absolute atomic E-state index is 0.0183. The average molecular weight is 676 g/mol. The molecule has 6 atom stereocenters. The Balaban J connectivity index is 1.43. The highest BCUT2D eigenvalue weighted by atomic mass is 32.3. The first-order valence-electron chi connectivity index (χ1n) is 15.1. The molecule has 1 aliphatic rings. The Kier molecular flexibility index (Phi) is 11.5. The summed E-state index contributed by atoms with van der Waals surface area (Å²) in [6.07, 6.45) is -7.77. The van der Waals surface area contributed by atoms with Gasteiger partial charge in [-0.2, -0.15) is 0 Å². The van der Waals surface area contributed by atoms with E-state index in [0.29, 0.717) is 11.0 Å². The number of benzene rings is 3. The Morgan fingerprint density at radius 2 is 1.47 bits per heavy atom. The second-order valence-electron chi connectivity index (χ2n) is 12.3. The number of anilines is 1. The number of hydrogen-bond donors (Lipinski definition) is 4. The van der Waals surface area contributed by atoms with Crippen LogP contribution < -0.4 is 18.0 Å². The van der Waals surface area contributed by atoms with Gasteiger partial charge in [-0.1, -0.05) is 44.2 Å². The smallest absolute Gasteiger partial charge is 0.458 e. The molecule has 0 spiro atoms. The van der Waals surface area contributed by atoms with Gasteiger partial charge in [-0.3, -0.25) is 4.79 Å². The van der Waals surface area contributed by atoms with E-state index in [4.69, 9.17) is 17.8 Å². The van der Waals surface area contributed by atoms with Crippen LogP contribution in [0.1, 0.15) is 19.4 Å². The van der Waals surface area contributed by atoms with Crippen molar-refractivity contribution in [1.29, 1.82) is 0 Å². The van der Waals surface area contributed by atoms with Crippen LogP contribution >= 0.6 is 0 Å². The predicted molar refractivity (Wildman–Crippen MR) is 172 cm³/mol. The summed E-state index contributed by atoms with van der Waals surface area (Å²) < 4.78 is 47.3. The third kappa shape index (κ3) is 8.78. The van der Waals surface area contributed by atoms with Crippen molar-refractivity contribution in [3.63, 3.8) is 0 Å². The monoisotopic (exact) mass is 675 g/mol. The number of aliphatic hydroxyl groups is 4.